The highest BCUT2D eigenvalue weighted by Gasteiger charge is 2.09. The quantitative estimate of drug-likeness (QED) is 0.627. The van der Waals surface area contributed by atoms with E-state index in [2.05, 4.69) is 21.4 Å². The normalized spacial score (nSPS) is 10.2. The van der Waals surface area contributed by atoms with Gasteiger partial charge in [-0.3, -0.25) is 0 Å². The Morgan fingerprint density at radius 3 is 2.42 bits per heavy atom. The minimum absolute atomic E-state index is 0.417. The molecule has 0 atom stereocenters. The van der Waals surface area contributed by atoms with Crippen LogP contribution in [0.1, 0.15) is 22.3 Å². The Bertz CT molecular complexity index is 941. The van der Waals surface area contributed by atoms with Crippen molar-refractivity contribution in [3.05, 3.63) is 70.9 Å². The number of nitriles is 1. The predicted octanol–water partition coefficient (Wildman–Crippen LogP) is 5.24. The first-order valence-electron chi connectivity index (χ1n) is 8.03. The van der Waals surface area contributed by atoms with Crippen molar-refractivity contribution < 1.29 is 4.74 Å². The van der Waals surface area contributed by atoms with Crippen molar-refractivity contribution >= 4 is 23.2 Å². The Morgan fingerprint density at radius 1 is 1.12 bits per heavy atom. The molecular weight excluding hydrogens is 348 g/mol. The molecule has 0 unspecified atom stereocenters. The Kier molecular flexibility index (Phi) is 5.35. The number of aromatic nitrogens is 2. The molecule has 6 heteroatoms. The van der Waals surface area contributed by atoms with E-state index >= 15 is 0 Å². The first kappa shape index (κ1) is 17.7. The van der Waals surface area contributed by atoms with Crippen molar-refractivity contribution in [1.82, 2.24) is 9.97 Å². The van der Waals surface area contributed by atoms with Gasteiger partial charge in [-0.15, -0.1) is 11.6 Å². The summed E-state index contributed by atoms with van der Waals surface area (Å²) in [5.41, 5.74) is 4.45. The molecule has 0 bridgehead atoms. The van der Waals surface area contributed by atoms with Gasteiger partial charge in [-0.2, -0.15) is 10.2 Å². The van der Waals surface area contributed by atoms with Gasteiger partial charge < -0.3 is 10.1 Å². The average molecular weight is 365 g/mol. The largest absolute Gasteiger partial charge is 0.438 e. The van der Waals surface area contributed by atoms with Gasteiger partial charge in [0.25, 0.3) is 0 Å². The van der Waals surface area contributed by atoms with Crippen molar-refractivity contribution in [2.75, 3.05) is 5.32 Å². The maximum absolute atomic E-state index is 8.85. The monoisotopic (exact) mass is 364 g/mol. The molecule has 3 aromatic rings. The molecular formula is C20H17ClN4O. The summed E-state index contributed by atoms with van der Waals surface area (Å²) in [4.78, 5) is 8.60. The third kappa shape index (κ3) is 4.11. The maximum atomic E-state index is 8.85. The zero-order valence-electron chi connectivity index (χ0n) is 14.5. The molecule has 1 N–H and O–H groups in total. The lowest BCUT2D eigenvalue weighted by atomic mass is 10.1. The van der Waals surface area contributed by atoms with Gasteiger partial charge in [-0.1, -0.05) is 12.1 Å². The smallest absolute Gasteiger partial charge is 0.230 e. The molecule has 0 aliphatic heterocycles. The minimum Gasteiger partial charge on any atom is -0.438 e. The Balaban J connectivity index is 1.80. The van der Waals surface area contributed by atoms with Crippen LogP contribution in [0.3, 0.4) is 0 Å². The summed E-state index contributed by atoms with van der Waals surface area (Å²) >= 11 is 5.91. The summed E-state index contributed by atoms with van der Waals surface area (Å²) in [6.45, 7) is 3.96. The molecule has 0 amide bonds. The highest BCUT2D eigenvalue weighted by molar-refractivity contribution is 6.17. The average Bonchev–Trinajstić information content (AvgIpc) is 2.65. The summed E-state index contributed by atoms with van der Waals surface area (Å²) in [5.74, 6) is 2.09. The van der Waals surface area contributed by atoms with Crippen LogP contribution in [0.25, 0.3) is 0 Å². The first-order valence-corrected chi connectivity index (χ1v) is 8.56. The summed E-state index contributed by atoms with van der Waals surface area (Å²) in [5, 5.41) is 12.0. The number of anilines is 2. The second-order valence-corrected chi connectivity index (χ2v) is 6.09. The first-order chi connectivity index (χ1) is 12.6. The van der Waals surface area contributed by atoms with Gasteiger partial charge in [0.15, 0.2) is 0 Å². The van der Waals surface area contributed by atoms with E-state index in [0.717, 1.165) is 28.1 Å². The van der Waals surface area contributed by atoms with Crippen LogP contribution in [0, 0.1) is 25.2 Å². The van der Waals surface area contributed by atoms with Crippen molar-refractivity contribution in [2.45, 2.75) is 19.7 Å². The third-order valence-electron chi connectivity index (χ3n) is 3.78. The summed E-state index contributed by atoms with van der Waals surface area (Å²) < 4.78 is 5.98. The second kappa shape index (κ2) is 7.85. The van der Waals surface area contributed by atoms with Gasteiger partial charge in [-0.25, -0.2) is 4.98 Å². The van der Waals surface area contributed by atoms with E-state index < -0.39 is 0 Å². The van der Waals surface area contributed by atoms with Crippen LogP contribution in [0.4, 0.5) is 11.6 Å². The molecule has 0 aliphatic rings. The number of aryl methyl sites for hydroxylation is 2. The van der Waals surface area contributed by atoms with E-state index in [0.29, 0.717) is 23.3 Å². The highest BCUT2D eigenvalue weighted by atomic mass is 35.5. The number of ether oxygens (including phenoxy) is 1. The number of nitrogens with one attached hydrogen (secondary N) is 1. The molecule has 3 rings (SSSR count). The van der Waals surface area contributed by atoms with Gasteiger partial charge in [-0.05, 0) is 54.8 Å². The van der Waals surface area contributed by atoms with Crippen LogP contribution in [0.5, 0.6) is 11.6 Å². The molecule has 26 heavy (non-hydrogen) atoms. The molecule has 5 nitrogen and oxygen atoms in total. The molecule has 1 heterocycles. The number of alkyl halides is 1. The molecule has 130 valence electrons. The van der Waals surface area contributed by atoms with Crippen LogP contribution in [0.15, 0.2) is 48.7 Å². The van der Waals surface area contributed by atoms with Crippen molar-refractivity contribution in [2.24, 2.45) is 0 Å². The van der Waals surface area contributed by atoms with Gasteiger partial charge in [0.05, 0.1) is 11.6 Å². The summed E-state index contributed by atoms with van der Waals surface area (Å²) in [6.07, 6.45) is 1.63. The number of halogens is 1. The van der Waals surface area contributed by atoms with Crippen molar-refractivity contribution in [1.29, 1.82) is 5.26 Å². The standard InChI is InChI=1S/C20H17ClN4O/c1-13-9-16(11-21)10-14(2)19(13)26-18-7-8-23-20(25-18)24-17-5-3-15(12-22)4-6-17/h3-10H,11H2,1-2H3,(H,23,24,25). The van der Waals surface area contributed by atoms with Crippen LogP contribution < -0.4 is 10.1 Å². The van der Waals surface area contributed by atoms with E-state index in [1.54, 1.807) is 36.5 Å². The summed E-state index contributed by atoms with van der Waals surface area (Å²) in [7, 11) is 0. The van der Waals surface area contributed by atoms with E-state index in [1.165, 1.54) is 0 Å². The van der Waals surface area contributed by atoms with E-state index in [4.69, 9.17) is 21.6 Å². The molecule has 0 saturated carbocycles. The van der Waals surface area contributed by atoms with E-state index in [1.807, 2.05) is 26.0 Å². The molecule has 0 fully saturated rings. The zero-order valence-corrected chi connectivity index (χ0v) is 15.2. The number of nitrogens with zero attached hydrogens (tertiary/aromatic N) is 3. The fourth-order valence-corrected chi connectivity index (χ4v) is 2.75. The van der Waals surface area contributed by atoms with E-state index in [-0.39, 0.29) is 0 Å². The fourth-order valence-electron chi connectivity index (χ4n) is 2.60. The maximum Gasteiger partial charge on any atom is 0.230 e. The van der Waals surface area contributed by atoms with Gasteiger partial charge in [0.2, 0.25) is 11.8 Å². The van der Waals surface area contributed by atoms with Gasteiger partial charge >= 0.3 is 0 Å². The van der Waals surface area contributed by atoms with Crippen LogP contribution in [-0.4, -0.2) is 9.97 Å². The Labute approximate surface area is 157 Å². The molecule has 0 spiro atoms. The highest BCUT2D eigenvalue weighted by Crippen LogP contribution is 2.30. The lowest BCUT2D eigenvalue weighted by Crippen LogP contribution is -2.00. The third-order valence-corrected chi connectivity index (χ3v) is 4.09. The molecule has 0 aliphatic carbocycles. The Morgan fingerprint density at radius 2 is 1.81 bits per heavy atom. The van der Waals surface area contributed by atoms with Crippen LogP contribution in [-0.2, 0) is 5.88 Å². The van der Waals surface area contributed by atoms with Crippen LogP contribution in [0.2, 0.25) is 0 Å². The van der Waals surface area contributed by atoms with Crippen LogP contribution >= 0.6 is 11.6 Å². The Hall–Kier alpha value is -3.10. The summed E-state index contributed by atoms with van der Waals surface area (Å²) in [6, 6.07) is 14.9. The number of hydrogen-bond donors (Lipinski definition) is 1. The lowest BCUT2D eigenvalue weighted by Gasteiger charge is -2.13. The predicted molar refractivity (Wildman–Crippen MR) is 102 cm³/mol. The number of hydrogen-bond acceptors (Lipinski definition) is 5. The van der Waals surface area contributed by atoms with Crippen molar-refractivity contribution in [3.63, 3.8) is 0 Å². The molecule has 0 saturated heterocycles. The van der Waals surface area contributed by atoms with Gasteiger partial charge in [0.1, 0.15) is 5.75 Å². The topological polar surface area (TPSA) is 70.8 Å². The minimum atomic E-state index is 0.417. The van der Waals surface area contributed by atoms with Gasteiger partial charge in [0, 0.05) is 23.8 Å². The lowest BCUT2D eigenvalue weighted by molar-refractivity contribution is 0.455. The fraction of sp³-hybridized carbons (Fsp3) is 0.150. The number of rotatable bonds is 5. The van der Waals surface area contributed by atoms with E-state index in [9.17, 15) is 0 Å². The number of benzene rings is 2. The second-order valence-electron chi connectivity index (χ2n) is 5.83. The zero-order chi connectivity index (χ0) is 18.5. The molecule has 2 aromatic carbocycles. The van der Waals surface area contributed by atoms with Crippen molar-refractivity contribution in [3.8, 4) is 17.7 Å². The molecule has 0 radical (unpaired) electrons. The molecule has 1 aromatic heterocycles. The SMILES string of the molecule is Cc1cc(CCl)cc(C)c1Oc1ccnc(Nc2ccc(C#N)cc2)n1.